The number of methoxy groups -OCH3 is 1. The summed E-state index contributed by atoms with van der Waals surface area (Å²) in [5, 5.41) is 4.06. The van der Waals surface area contributed by atoms with Crippen molar-refractivity contribution in [3.63, 3.8) is 0 Å². The second kappa shape index (κ2) is 6.23. The number of amides is 1. The minimum absolute atomic E-state index is 0.117. The summed E-state index contributed by atoms with van der Waals surface area (Å²) in [7, 11) is 1.59. The number of halogens is 1. The number of aromatic nitrogens is 1. The molecule has 0 radical (unpaired) electrons. The molecule has 2 aromatic carbocycles. The number of carbonyl (C=O) groups is 1. The normalized spacial score (nSPS) is 10.6. The Hall–Kier alpha value is -2.27. The third-order valence-corrected chi connectivity index (χ3v) is 4.15. The largest absolute Gasteiger partial charge is 0.496 e. The molecule has 112 valence electrons. The van der Waals surface area contributed by atoms with Crippen molar-refractivity contribution in [2.75, 3.05) is 7.11 Å². The van der Waals surface area contributed by atoms with E-state index in [4.69, 9.17) is 4.74 Å². The molecule has 0 saturated heterocycles. The molecule has 0 aliphatic rings. The number of aromatic amines is 1. The fourth-order valence-corrected chi connectivity index (χ4v) is 2.90. The maximum absolute atomic E-state index is 12.2. The first-order chi connectivity index (χ1) is 10.7. The Kier molecular flexibility index (Phi) is 4.15. The lowest BCUT2D eigenvalue weighted by Crippen LogP contribution is -2.22. The van der Waals surface area contributed by atoms with E-state index in [1.54, 1.807) is 25.3 Å². The Morgan fingerprint density at radius 3 is 2.86 bits per heavy atom. The smallest absolute Gasteiger partial charge is 0.251 e. The molecular weight excluding hydrogens is 344 g/mol. The Morgan fingerprint density at radius 2 is 2.09 bits per heavy atom. The molecule has 3 aromatic rings. The Balaban J connectivity index is 1.73. The van der Waals surface area contributed by atoms with Gasteiger partial charge in [0.15, 0.2) is 0 Å². The van der Waals surface area contributed by atoms with Crippen molar-refractivity contribution in [3.8, 4) is 5.75 Å². The van der Waals surface area contributed by atoms with E-state index in [1.807, 2.05) is 30.5 Å². The van der Waals surface area contributed by atoms with E-state index in [2.05, 4.69) is 26.2 Å². The van der Waals surface area contributed by atoms with Gasteiger partial charge >= 0.3 is 0 Å². The van der Waals surface area contributed by atoms with Crippen LogP contribution in [0.15, 0.2) is 53.1 Å². The van der Waals surface area contributed by atoms with Gasteiger partial charge in [0.2, 0.25) is 0 Å². The van der Waals surface area contributed by atoms with Gasteiger partial charge in [-0.25, -0.2) is 0 Å². The first kappa shape index (κ1) is 14.7. The van der Waals surface area contributed by atoms with Gasteiger partial charge in [0.25, 0.3) is 5.91 Å². The van der Waals surface area contributed by atoms with Crippen LogP contribution in [0.4, 0.5) is 0 Å². The number of ether oxygens (including phenoxy) is 1. The summed E-state index contributed by atoms with van der Waals surface area (Å²) in [4.78, 5) is 15.4. The van der Waals surface area contributed by atoms with Crippen LogP contribution in [0.3, 0.4) is 0 Å². The highest BCUT2D eigenvalue weighted by atomic mass is 79.9. The molecule has 0 aliphatic heterocycles. The van der Waals surface area contributed by atoms with Gasteiger partial charge in [-0.2, -0.15) is 0 Å². The zero-order chi connectivity index (χ0) is 15.5. The average molecular weight is 359 g/mol. The van der Waals surface area contributed by atoms with E-state index < -0.39 is 0 Å². The zero-order valence-electron chi connectivity index (χ0n) is 12.0. The van der Waals surface area contributed by atoms with Gasteiger partial charge in [0, 0.05) is 29.2 Å². The Morgan fingerprint density at radius 1 is 1.27 bits per heavy atom. The topological polar surface area (TPSA) is 54.1 Å². The third-order valence-electron chi connectivity index (χ3n) is 3.53. The molecule has 0 bridgehead atoms. The van der Waals surface area contributed by atoms with Crippen LogP contribution in [0.2, 0.25) is 0 Å². The molecule has 2 N–H and O–H groups in total. The molecule has 0 fully saturated rings. The van der Waals surface area contributed by atoms with Gasteiger partial charge < -0.3 is 15.0 Å². The molecule has 1 heterocycles. The second-order valence-corrected chi connectivity index (χ2v) is 5.75. The number of fused-ring (bicyclic) bond motifs is 1. The second-order valence-electron chi connectivity index (χ2n) is 4.89. The van der Waals surface area contributed by atoms with Gasteiger partial charge in [0.1, 0.15) is 5.75 Å². The molecule has 3 rings (SSSR count). The maximum Gasteiger partial charge on any atom is 0.251 e. The Bertz CT molecular complexity index is 826. The van der Waals surface area contributed by atoms with Gasteiger partial charge in [-0.05, 0) is 45.8 Å². The SMILES string of the molecule is COc1ccc(C(=O)NCc2c[nH]c3ccccc23)cc1Br. The molecule has 5 heteroatoms. The van der Waals surface area contributed by atoms with Crippen molar-refractivity contribution in [3.05, 3.63) is 64.3 Å². The van der Waals surface area contributed by atoms with E-state index in [-0.39, 0.29) is 5.91 Å². The quantitative estimate of drug-likeness (QED) is 0.743. The molecule has 0 atom stereocenters. The lowest BCUT2D eigenvalue weighted by molar-refractivity contribution is 0.0951. The van der Waals surface area contributed by atoms with Crippen LogP contribution in [-0.4, -0.2) is 18.0 Å². The highest BCUT2D eigenvalue weighted by Crippen LogP contribution is 2.25. The number of hydrogen-bond acceptors (Lipinski definition) is 2. The fourth-order valence-electron chi connectivity index (χ4n) is 2.36. The number of hydrogen-bond donors (Lipinski definition) is 2. The van der Waals surface area contributed by atoms with E-state index in [1.165, 1.54) is 0 Å². The number of benzene rings is 2. The van der Waals surface area contributed by atoms with E-state index >= 15 is 0 Å². The number of rotatable bonds is 4. The van der Waals surface area contributed by atoms with Crippen molar-refractivity contribution < 1.29 is 9.53 Å². The monoisotopic (exact) mass is 358 g/mol. The molecule has 1 amide bonds. The summed E-state index contributed by atoms with van der Waals surface area (Å²) in [6.45, 7) is 0.479. The van der Waals surface area contributed by atoms with E-state index in [0.717, 1.165) is 20.9 Å². The molecule has 22 heavy (non-hydrogen) atoms. The van der Waals surface area contributed by atoms with Crippen molar-refractivity contribution in [1.82, 2.24) is 10.3 Å². The Labute approximate surface area is 136 Å². The predicted molar refractivity (Wildman–Crippen MR) is 90.2 cm³/mol. The van der Waals surface area contributed by atoms with Gasteiger partial charge in [-0.3, -0.25) is 4.79 Å². The van der Waals surface area contributed by atoms with Gasteiger partial charge in [0.05, 0.1) is 11.6 Å². The standard InChI is InChI=1S/C17H15BrN2O2/c1-22-16-7-6-11(8-14(16)18)17(21)20-10-12-9-19-15-5-3-2-4-13(12)15/h2-9,19H,10H2,1H3,(H,20,21). The van der Waals surface area contributed by atoms with Crippen LogP contribution < -0.4 is 10.1 Å². The lowest BCUT2D eigenvalue weighted by Gasteiger charge is -2.07. The van der Waals surface area contributed by atoms with Crippen molar-refractivity contribution in [2.45, 2.75) is 6.54 Å². The molecule has 0 aliphatic carbocycles. The summed E-state index contributed by atoms with van der Waals surface area (Å²) >= 11 is 3.39. The summed E-state index contributed by atoms with van der Waals surface area (Å²) in [6.07, 6.45) is 1.93. The van der Waals surface area contributed by atoms with Crippen LogP contribution in [0.25, 0.3) is 10.9 Å². The van der Waals surface area contributed by atoms with Crippen molar-refractivity contribution in [1.29, 1.82) is 0 Å². The summed E-state index contributed by atoms with van der Waals surface area (Å²) < 4.78 is 5.92. The maximum atomic E-state index is 12.2. The zero-order valence-corrected chi connectivity index (χ0v) is 13.6. The molecular formula is C17H15BrN2O2. The lowest BCUT2D eigenvalue weighted by atomic mass is 10.1. The average Bonchev–Trinajstić information content (AvgIpc) is 2.95. The summed E-state index contributed by atoms with van der Waals surface area (Å²) in [5.41, 5.74) is 2.72. The minimum Gasteiger partial charge on any atom is -0.496 e. The van der Waals surface area contributed by atoms with Crippen molar-refractivity contribution in [2.24, 2.45) is 0 Å². The van der Waals surface area contributed by atoms with Crippen molar-refractivity contribution >= 4 is 32.7 Å². The number of H-pyrrole nitrogens is 1. The highest BCUT2D eigenvalue weighted by molar-refractivity contribution is 9.10. The molecule has 4 nitrogen and oxygen atoms in total. The van der Waals surface area contributed by atoms with Gasteiger partial charge in [-0.15, -0.1) is 0 Å². The minimum atomic E-state index is -0.117. The molecule has 0 saturated carbocycles. The highest BCUT2D eigenvalue weighted by Gasteiger charge is 2.10. The van der Waals surface area contributed by atoms with E-state index in [9.17, 15) is 4.79 Å². The number of para-hydroxylation sites is 1. The van der Waals surface area contributed by atoms with Crippen LogP contribution in [0.5, 0.6) is 5.75 Å². The summed E-state index contributed by atoms with van der Waals surface area (Å²) in [6, 6.07) is 13.3. The molecule has 1 aromatic heterocycles. The molecule has 0 spiro atoms. The number of carbonyl (C=O) groups excluding carboxylic acids is 1. The first-order valence-electron chi connectivity index (χ1n) is 6.86. The predicted octanol–water partition coefficient (Wildman–Crippen LogP) is 3.87. The number of nitrogens with one attached hydrogen (secondary N) is 2. The van der Waals surface area contributed by atoms with Gasteiger partial charge in [-0.1, -0.05) is 18.2 Å². The third kappa shape index (κ3) is 2.85. The molecule has 0 unspecified atom stereocenters. The van der Waals surface area contributed by atoms with Crippen LogP contribution in [0, 0.1) is 0 Å². The van der Waals surface area contributed by atoms with Crippen LogP contribution >= 0.6 is 15.9 Å². The first-order valence-corrected chi connectivity index (χ1v) is 7.65. The fraction of sp³-hybridized carbons (Fsp3) is 0.118. The van der Waals surface area contributed by atoms with Crippen LogP contribution in [-0.2, 0) is 6.54 Å². The summed E-state index contributed by atoms with van der Waals surface area (Å²) in [5.74, 6) is 0.585. The van der Waals surface area contributed by atoms with E-state index in [0.29, 0.717) is 17.9 Å². The van der Waals surface area contributed by atoms with Crippen LogP contribution in [0.1, 0.15) is 15.9 Å².